The van der Waals surface area contributed by atoms with E-state index in [-0.39, 0.29) is 12.6 Å². The molecule has 0 radical (unpaired) electrons. The number of likely N-dealkylation sites (tertiary alicyclic amines) is 1. The zero-order valence-electron chi connectivity index (χ0n) is 15.8. The fourth-order valence-electron chi connectivity index (χ4n) is 3.00. The van der Waals surface area contributed by atoms with Gasteiger partial charge in [0.2, 0.25) is 0 Å². The van der Waals surface area contributed by atoms with Crippen LogP contribution in [-0.4, -0.2) is 59.2 Å². The van der Waals surface area contributed by atoms with E-state index in [1.807, 2.05) is 30.3 Å². The maximum absolute atomic E-state index is 12.6. The number of hydrogen-bond donors (Lipinski definition) is 0. The number of hydrogen-bond acceptors (Lipinski definition) is 5. The number of cyclic esters (lactones) is 1. The number of ether oxygens (including phenoxy) is 2. The lowest BCUT2D eigenvalue weighted by molar-refractivity contribution is -0.124. The number of nitrogens with zero attached hydrogens (tertiary/aromatic N) is 2. The minimum Gasteiger partial charge on any atom is -0.447 e. The second kappa shape index (κ2) is 7.42. The van der Waals surface area contributed by atoms with E-state index < -0.39 is 23.7 Å². The number of carbonyl (C=O) groups is 3. The molecule has 2 heterocycles. The van der Waals surface area contributed by atoms with Crippen LogP contribution in [0.2, 0.25) is 0 Å². The predicted molar refractivity (Wildman–Crippen MR) is 98.0 cm³/mol. The summed E-state index contributed by atoms with van der Waals surface area (Å²) in [5.74, 6) is -0.405. The maximum atomic E-state index is 12.6. The van der Waals surface area contributed by atoms with Crippen LogP contribution in [0.25, 0.3) is 0 Å². The highest BCUT2D eigenvalue weighted by atomic mass is 16.6. The van der Waals surface area contributed by atoms with Gasteiger partial charge in [-0.2, -0.15) is 0 Å². The summed E-state index contributed by atoms with van der Waals surface area (Å²) in [5, 5.41) is 0. The van der Waals surface area contributed by atoms with E-state index in [4.69, 9.17) is 9.47 Å². The first kappa shape index (κ1) is 18.9. The molecule has 3 rings (SSSR count). The standard InChI is InChI=1S/C20H24N2O5/c1-20(2,3)27-18(24)21-11-15(12-21)10-17(23)22-16(13-26-19(22)25)9-14-7-5-4-6-8-14/h4-8,10,16H,9,11-13H2,1-3H3/t16-/m0/s1. The van der Waals surface area contributed by atoms with E-state index in [9.17, 15) is 14.4 Å². The van der Waals surface area contributed by atoms with Gasteiger partial charge in [-0.15, -0.1) is 0 Å². The van der Waals surface area contributed by atoms with Gasteiger partial charge in [-0.1, -0.05) is 30.3 Å². The molecule has 7 heteroatoms. The van der Waals surface area contributed by atoms with Crippen LogP contribution in [0, 0.1) is 0 Å². The molecular formula is C20H24N2O5. The third-order valence-electron chi connectivity index (χ3n) is 4.28. The molecule has 0 aromatic heterocycles. The summed E-state index contributed by atoms with van der Waals surface area (Å²) in [6, 6.07) is 9.33. The van der Waals surface area contributed by atoms with Gasteiger partial charge in [0.05, 0.1) is 6.04 Å². The molecule has 7 nitrogen and oxygen atoms in total. The Hall–Kier alpha value is -2.83. The molecule has 1 aromatic carbocycles. The average Bonchev–Trinajstić information content (AvgIpc) is 2.90. The molecule has 3 amide bonds. The largest absolute Gasteiger partial charge is 0.447 e. The molecule has 2 aliphatic rings. The van der Waals surface area contributed by atoms with Gasteiger partial charge in [-0.05, 0) is 38.3 Å². The van der Waals surface area contributed by atoms with Crippen molar-refractivity contribution in [3.63, 3.8) is 0 Å². The molecule has 0 spiro atoms. The summed E-state index contributed by atoms with van der Waals surface area (Å²) in [4.78, 5) is 39.2. The lowest BCUT2D eigenvalue weighted by Gasteiger charge is -2.35. The first-order chi connectivity index (χ1) is 12.7. The van der Waals surface area contributed by atoms with Crippen LogP contribution in [0.1, 0.15) is 26.3 Å². The zero-order valence-corrected chi connectivity index (χ0v) is 15.8. The Balaban J connectivity index is 1.59. The Bertz CT molecular complexity index is 758. The third-order valence-corrected chi connectivity index (χ3v) is 4.28. The average molecular weight is 372 g/mol. The summed E-state index contributed by atoms with van der Waals surface area (Å²) in [6.07, 6.45) is 0.937. The van der Waals surface area contributed by atoms with Crippen molar-refractivity contribution in [1.29, 1.82) is 0 Å². The van der Waals surface area contributed by atoms with Crippen molar-refractivity contribution in [2.75, 3.05) is 19.7 Å². The molecular weight excluding hydrogens is 348 g/mol. The van der Waals surface area contributed by atoms with Gasteiger partial charge >= 0.3 is 12.2 Å². The van der Waals surface area contributed by atoms with Gasteiger partial charge in [-0.3, -0.25) is 4.79 Å². The lowest BCUT2D eigenvalue weighted by atomic mass is 10.0. The van der Waals surface area contributed by atoms with Crippen LogP contribution in [-0.2, 0) is 20.7 Å². The van der Waals surface area contributed by atoms with Crippen molar-refractivity contribution in [3.05, 3.63) is 47.5 Å². The molecule has 2 fully saturated rings. The van der Waals surface area contributed by atoms with Crippen molar-refractivity contribution in [2.24, 2.45) is 0 Å². The van der Waals surface area contributed by atoms with E-state index in [1.165, 1.54) is 11.0 Å². The second-order valence-electron chi connectivity index (χ2n) is 7.77. The van der Waals surface area contributed by atoms with Gasteiger partial charge in [0.1, 0.15) is 12.2 Å². The Morgan fingerprint density at radius 3 is 2.52 bits per heavy atom. The van der Waals surface area contributed by atoms with Crippen molar-refractivity contribution in [1.82, 2.24) is 9.80 Å². The van der Waals surface area contributed by atoms with Crippen LogP contribution >= 0.6 is 0 Å². The van der Waals surface area contributed by atoms with Gasteiger partial charge in [0, 0.05) is 19.2 Å². The fraction of sp³-hybridized carbons (Fsp3) is 0.450. The number of carbonyl (C=O) groups excluding carboxylic acids is 3. The van der Waals surface area contributed by atoms with Crippen LogP contribution in [0.5, 0.6) is 0 Å². The zero-order chi connectivity index (χ0) is 19.6. The normalized spacial score (nSPS) is 19.4. The smallest absolute Gasteiger partial charge is 0.417 e. The minimum atomic E-state index is -0.624. The van der Waals surface area contributed by atoms with E-state index in [2.05, 4.69) is 0 Å². The molecule has 1 atom stereocenters. The number of rotatable bonds is 3. The van der Waals surface area contributed by atoms with E-state index in [0.717, 1.165) is 16.0 Å². The van der Waals surface area contributed by atoms with Crippen LogP contribution in [0.15, 0.2) is 42.0 Å². The highest BCUT2D eigenvalue weighted by Gasteiger charge is 2.38. The number of benzene rings is 1. The van der Waals surface area contributed by atoms with E-state index in [1.54, 1.807) is 20.8 Å². The molecule has 0 unspecified atom stereocenters. The van der Waals surface area contributed by atoms with Crippen molar-refractivity contribution < 1.29 is 23.9 Å². The Morgan fingerprint density at radius 2 is 1.89 bits per heavy atom. The van der Waals surface area contributed by atoms with Gasteiger partial charge in [0.15, 0.2) is 0 Å². The van der Waals surface area contributed by atoms with E-state index >= 15 is 0 Å². The number of amides is 3. The van der Waals surface area contributed by atoms with Crippen LogP contribution < -0.4 is 0 Å². The summed E-state index contributed by atoms with van der Waals surface area (Å²) in [6.45, 7) is 6.25. The second-order valence-corrected chi connectivity index (χ2v) is 7.77. The monoisotopic (exact) mass is 372 g/mol. The topological polar surface area (TPSA) is 76.2 Å². The first-order valence-corrected chi connectivity index (χ1v) is 8.94. The molecule has 0 aliphatic carbocycles. The van der Waals surface area contributed by atoms with E-state index in [0.29, 0.717) is 19.5 Å². The Kier molecular flexibility index (Phi) is 5.21. The molecule has 1 aromatic rings. The van der Waals surface area contributed by atoms with Crippen LogP contribution in [0.3, 0.4) is 0 Å². The number of imide groups is 1. The maximum Gasteiger partial charge on any atom is 0.417 e. The molecule has 2 saturated heterocycles. The first-order valence-electron chi connectivity index (χ1n) is 8.94. The van der Waals surface area contributed by atoms with Crippen molar-refractivity contribution in [3.8, 4) is 0 Å². The highest BCUT2D eigenvalue weighted by Crippen LogP contribution is 2.22. The molecule has 0 saturated carbocycles. The molecule has 27 heavy (non-hydrogen) atoms. The quantitative estimate of drug-likeness (QED) is 0.763. The molecule has 144 valence electrons. The summed E-state index contributed by atoms with van der Waals surface area (Å²) in [5.41, 5.74) is 1.26. The Morgan fingerprint density at radius 1 is 1.22 bits per heavy atom. The van der Waals surface area contributed by atoms with Crippen molar-refractivity contribution in [2.45, 2.75) is 38.8 Å². The summed E-state index contributed by atoms with van der Waals surface area (Å²) < 4.78 is 10.4. The minimum absolute atomic E-state index is 0.187. The predicted octanol–water partition coefficient (Wildman–Crippen LogP) is 2.75. The Labute approximate surface area is 158 Å². The van der Waals surface area contributed by atoms with Crippen LogP contribution in [0.4, 0.5) is 9.59 Å². The fourth-order valence-corrected chi connectivity index (χ4v) is 3.00. The van der Waals surface area contributed by atoms with Gasteiger partial charge in [-0.25, -0.2) is 14.5 Å². The summed E-state index contributed by atoms with van der Waals surface area (Å²) >= 11 is 0. The SMILES string of the molecule is CC(C)(C)OC(=O)N1CC(=CC(=O)N2C(=O)OC[C@@H]2Cc2ccccc2)C1. The summed E-state index contributed by atoms with van der Waals surface area (Å²) in [7, 11) is 0. The van der Waals surface area contributed by atoms with Gasteiger partial charge < -0.3 is 14.4 Å². The highest BCUT2D eigenvalue weighted by molar-refractivity contribution is 6.00. The molecule has 0 N–H and O–H groups in total. The van der Waals surface area contributed by atoms with Crippen molar-refractivity contribution >= 4 is 18.1 Å². The van der Waals surface area contributed by atoms with Gasteiger partial charge in [0.25, 0.3) is 5.91 Å². The third kappa shape index (κ3) is 4.67. The molecule has 2 aliphatic heterocycles. The molecule has 0 bridgehead atoms. The lowest BCUT2D eigenvalue weighted by Crippen LogP contribution is -2.48.